The van der Waals surface area contributed by atoms with E-state index in [1.165, 1.54) is 57.5 Å². The van der Waals surface area contributed by atoms with Crippen LogP contribution in [-0.4, -0.2) is 55.2 Å². The van der Waals surface area contributed by atoms with Crippen LogP contribution in [0.2, 0.25) is 0 Å². The molecule has 3 aliphatic heterocycles. The number of rotatable bonds is 4. The fraction of sp³-hybridized carbons (Fsp3) is 0.765. The summed E-state index contributed by atoms with van der Waals surface area (Å²) in [6, 6.07) is 2.27. The van der Waals surface area contributed by atoms with E-state index < -0.39 is 0 Å². The van der Waals surface area contributed by atoms with E-state index in [0.717, 1.165) is 25.0 Å². The Morgan fingerprint density at radius 1 is 1.19 bits per heavy atom. The Hall–Kier alpha value is -0.420. The van der Waals surface area contributed by atoms with Crippen LogP contribution in [0.4, 0.5) is 0 Å². The standard InChI is InChI=1S/C17H26N2OS/c1-2-6-18(5-1)11-17-16-10-19(7-3-15(16)12-20-17)9-14-4-8-21-13-14/h4,8,13,15-17H,1-3,5-7,9-12H2/t15-,16-,17+/m0/s1. The van der Waals surface area contributed by atoms with Gasteiger partial charge in [0.05, 0.1) is 12.7 Å². The van der Waals surface area contributed by atoms with Gasteiger partial charge in [0.2, 0.25) is 0 Å². The normalized spacial score (nSPS) is 34.4. The fourth-order valence-corrected chi connectivity index (χ4v) is 4.95. The molecule has 3 nitrogen and oxygen atoms in total. The molecule has 0 saturated carbocycles. The lowest BCUT2D eigenvalue weighted by molar-refractivity contribution is 0.0485. The average molecular weight is 306 g/mol. The van der Waals surface area contributed by atoms with Crippen LogP contribution in [0, 0.1) is 11.8 Å². The van der Waals surface area contributed by atoms with E-state index in [1.807, 2.05) is 11.3 Å². The van der Waals surface area contributed by atoms with Gasteiger partial charge in [-0.15, -0.1) is 0 Å². The zero-order chi connectivity index (χ0) is 14.1. The highest BCUT2D eigenvalue weighted by Gasteiger charge is 2.41. The topological polar surface area (TPSA) is 15.7 Å². The summed E-state index contributed by atoms with van der Waals surface area (Å²) in [7, 11) is 0. The zero-order valence-corrected chi connectivity index (χ0v) is 13.6. The molecule has 3 saturated heterocycles. The Kier molecular flexibility index (Phi) is 4.30. The molecule has 1 aromatic heterocycles. The molecule has 0 unspecified atom stereocenters. The molecule has 21 heavy (non-hydrogen) atoms. The highest BCUT2D eigenvalue weighted by molar-refractivity contribution is 7.07. The van der Waals surface area contributed by atoms with Crippen LogP contribution in [0.15, 0.2) is 16.8 Å². The molecule has 0 spiro atoms. The molecular weight excluding hydrogens is 280 g/mol. The van der Waals surface area contributed by atoms with Gasteiger partial charge in [0.1, 0.15) is 0 Å². The lowest BCUT2D eigenvalue weighted by Gasteiger charge is -2.36. The molecule has 0 bridgehead atoms. The van der Waals surface area contributed by atoms with Crippen LogP contribution in [0.1, 0.15) is 24.8 Å². The van der Waals surface area contributed by atoms with Crippen LogP contribution < -0.4 is 0 Å². The molecule has 3 aliphatic rings. The second-order valence-corrected chi connectivity index (χ2v) is 7.74. The van der Waals surface area contributed by atoms with Gasteiger partial charge in [-0.25, -0.2) is 0 Å². The third-order valence-corrected chi connectivity index (χ3v) is 6.25. The summed E-state index contributed by atoms with van der Waals surface area (Å²) >= 11 is 1.81. The smallest absolute Gasteiger partial charge is 0.0745 e. The highest BCUT2D eigenvalue weighted by atomic mass is 32.1. The van der Waals surface area contributed by atoms with Crippen molar-refractivity contribution in [1.29, 1.82) is 0 Å². The van der Waals surface area contributed by atoms with Crippen molar-refractivity contribution in [3.8, 4) is 0 Å². The van der Waals surface area contributed by atoms with Crippen molar-refractivity contribution in [3.63, 3.8) is 0 Å². The lowest BCUT2D eigenvalue weighted by atomic mass is 9.84. The lowest BCUT2D eigenvalue weighted by Crippen LogP contribution is -2.44. The van der Waals surface area contributed by atoms with E-state index in [1.54, 1.807) is 0 Å². The third-order valence-electron chi connectivity index (χ3n) is 5.52. The van der Waals surface area contributed by atoms with Gasteiger partial charge in [0.25, 0.3) is 0 Å². The van der Waals surface area contributed by atoms with E-state index in [4.69, 9.17) is 4.74 Å². The van der Waals surface area contributed by atoms with Crippen LogP contribution in [-0.2, 0) is 11.3 Å². The Balaban J connectivity index is 1.36. The number of piperidine rings is 1. The average Bonchev–Trinajstić information content (AvgIpc) is 3.22. The van der Waals surface area contributed by atoms with Crippen molar-refractivity contribution in [2.45, 2.75) is 31.9 Å². The van der Waals surface area contributed by atoms with Gasteiger partial charge in [0.15, 0.2) is 0 Å². The van der Waals surface area contributed by atoms with Crippen molar-refractivity contribution in [3.05, 3.63) is 22.4 Å². The third kappa shape index (κ3) is 3.19. The number of thiophene rings is 1. The number of likely N-dealkylation sites (tertiary alicyclic amines) is 2. The van der Waals surface area contributed by atoms with Crippen molar-refractivity contribution < 1.29 is 4.74 Å². The molecule has 0 aromatic carbocycles. The fourth-order valence-electron chi connectivity index (χ4n) is 4.29. The Labute approximate surface area is 131 Å². The molecule has 0 amide bonds. The highest BCUT2D eigenvalue weighted by Crippen LogP contribution is 2.35. The summed E-state index contributed by atoms with van der Waals surface area (Å²) in [5.41, 5.74) is 1.48. The van der Waals surface area contributed by atoms with E-state index in [-0.39, 0.29) is 0 Å². The van der Waals surface area contributed by atoms with Gasteiger partial charge in [-0.1, -0.05) is 0 Å². The summed E-state index contributed by atoms with van der Waals surface area (Å²) in [6.45, 7) is 8.37. The molecule has 116 valence electrons. The Morgan fingerprint density at radius 3 is 2.90 bits per heavy atom. The Bertz CT molecular complexity index is 444. The van der Waals surface area contributed by atoms with E-state index in [9.17, 15) is 0 Å². The second-order valence-electron chi connectivity index (χ2n) is 6.96. The molecule has 1 aromatic rings. The monoisotopic (exact) mass is 306 g/mol. The van der Waals surface area contributed by atoms with Crippen molar-refractivity contribution >= 4 is 11.3 Å². The van der Waals surface area contributed by atoms with Gasteiger partial charge < -0.3 is 9.64 Å². The van der Waals surface area contributed by atoms with Crippen molar-refractivity contribution in [2.24, 2.45) is 11.8 Å². The number of nitrogens with zero attached hydrogens (tertiary/aromatic N) is 2. The molecular formula is C17H26N2OS. The van der Waals surface area contributed by atoms with Crippen LogP contribution in [0.25, 0.3) is 0 Å². The predicted octanol–water partition coefficient (Wildman–Crippen LogP) is 2.68. The first-order valence-corrected chi connectivity index (χ1v) is 9.40. The Morgan fingerprint density at radius 2 is 2.10 bits per heavy atom. The van der Waals surface area contributed by atoms with Gasteiger partial charge in [-0.2, -0.15) is 11.3 Å². The SMILES string of the molecule is c1cc(CN2CC[C@H]3CO[C@H](CN4CCCC4)[C@H]3C2)cs1. The van der Waals surface area contributed by atoms with Gasteiger partial charge >= 0.3 is 0 Å². The van der Waals surface area contributed by atoms with Crippen molar-refractivity contribution in [2.75, 3.05) is 39.3 Å². The van der Waals surface area contributed by atoms with Crippen molar-refractivity contribution in [1.82, 2.24) is 9.80 Å². The van der Waals surface area contributed by atoms with Gasteiger partial charge in [-0.3, -0.25) is 4.90 Å². The molecule has 0 aliphatic carbocycles. The minimum absolute atomic E-state index is 0.485. The first-order chi connectivity index (χ1) is 10.4. The summed E-state index contributed by atoms with van der Waals surface area (Å²) in [5.74, 6) is 1.58. The summed E-state index contributed by atoms with van der Waals surface area (Å²) < 4.78 is 6.18. The maximum atomic E-state index is 6.18. The molecule has 0 N–H and O–H groups in total. The van der Waals surface area contributed by atoms with E-state index >= 15 is 0 Å². The maximum absolute atomic E-state index is 6.18. The first kappa shape index (κ1) is 14.2. The van der Waals surface area contributed by atoms with E-state index in [0.29, 0.717) is 6.10 Å². The summed E-state index contributed by atoms with van der Waals surface area (Å²) in [5, 5.41) is 4.48. The minimum atomic E-state index is 0.485. The largest absolute Gasteiger partial charge is 0.376 e. The first-order valence-electron chi connectivity index (χ1n) is 8.46. The number of hydrogen-bond acceptors (Lipinski definition) is 4. The van der Waals surface area contributed by atoms with E-state index in [2.05, 4.69) is 26.6 Å². The second kappa shape index (κ2) is 6.37. The molecule has 3 fully saturated rings. The van der Waals surface area contributed by atoms with Gasteiger partial charge in [0, 0.05) is 25.6 Å². The molecule has 4 rings (SSSR count). The quantitative estimate of drug-likeness (QED) is 0.850. The number of ether oxygens (including phenoxy) is 1. The zero-order valence-electron chi connectivity index (χ0n) is 12.7. The molecule has 0 radical (unpaired) electrons. The predicted molar refractivity (Wildman–Crippen MR) is 86.6 cm³/mol. The van der Waals surface area contributed by atoms with Crippen LogP contribution in [0.3, 0.4) is 0 Å². The van der Waals surface area contributed by atoms with Crippen LogP contribution in [0.5, 0.6) is 0 Å². The molecule has 4 heteroatoms. The molecule has 4 heterocycles. The summed E-state index contributed by atoms with van der Waals surface area (Å²) in [4.78, 5) is 5.26. The summed E-state index contributed by atoms with van der Waals surface area (Å²) in [6.07, 6.45) is 4.57. The molecule has 3 atom stereocenters. The maximum Gasteiger partial charge on any atom is 0.0745 e. The number of fused-ring (bicyclic) bond motifs is 1. The van der Waals surface area contributed by atoms with Gasteiger partial charge in [-0.05, 0) is 67.2 Å². The minimum Gasteiger partial charge on any atom is -0.376 e. The number of hydrogen-bond donors (Lipinski definition) is 0. The van der Waals surface area contributed by atoms with Crippen LogP contribution >= 0.6 is 11.3 Å².